The van der Waals surface area contributed by atoms with Crippen molar-refractivity contribution in [3.8, 4) is 0 Å². The van der Waals surface area contributed by atoms with Gasteiger partial charge in [-0.1, -0.05) is 45.2 Å². The normalized spacial score (nSPS) is 17.1. The van der Waals surface area contributed by atoms with E-state index in [-0.39, 0.29) is 23.4 Å². The Balaban J connectivity index is 2.13. The van der Waals surface area contributed by atoms with E-state index < -0.39 is 9.84 Å². The Morgan fingerprint density at radius 2 is 1.67 bits per heavy atom. The lowest BCUT2D eigenvalue weighted by atomic mass is 9.84. The molecule has 0 aliphatic heterocycles. The van der Waals surface area contributed by atoms with Gasteiger partial charge in [0.2, 0.25) is 0 Å². The molecule has 1 aliphatic carbocycles. The third kappa shape index (κ3) is 4.16. The fourth-order valence-corrected chi connectivity index (χ4v) is 4.58. The molecule has 4 heteroatoms. The first-order chi connectivity index (χ1) is 9.90. The zero-order valence-electron chi connectivity index (χ0n) is 12.8. The first-order valence-corrected chi connectivity index (χ1v) is 9.42. The van der Waals surface area contributed by atoms with Gasteiger partial charge >= 0.3 is 0 Å². The van der Waals surface area contributed by atoms with Crippen LogP contribution in [0.25, 0.3) is 0 Å². The average Bonchev–Trinajstić information content (AvgIpc) is 2.46. The molecule has 3 nitrogen and oxygen atoms in total. The lowest BCUT2D eigenvalue weighted by Crippen LogP contribution is -2.18. The van der Waals surface area contributed by atoms with Crippen LogP contribution in [0.15, 0.2) is 29.2 Å². The summed E-state index contributed by atoms with van der Waals surface area (Å²) in [7, 11) is -3.24. The summed E-state index contributed by atoms with van der Waals surface area (Å²) in [4.78, 5) is 12.7. The molecule has 1 fully saturated rings. The van der Waals surface area contributed by atoms with E-state index in [4.69, 9.17) is 0 Å². The summed E-state index contributed by atoms with van der Waals surface area (Å²) in [6, 6.07) is 6.50. The Hall–Kier alpha value is -1.16. The summed E-state index contributed by atoms with van der Waals surface area (Å²) >= 11 is 0. The number of rotatable bonds is 5. The Kier molecular flexibility index (Phi) is 5.20. The number of hydrogen-bond acceptors (Lipinski definition) is 3. The molecule has 0 aromatic heterocycles. The summed E-state index contributed by atoms with van der Waals surface area (Å²) in [5.74, 6) is 0.529. The number of carbonyl (C=O) groups is 1. The summed E-state index contributed by atoms with van der Waals surface area (Å²) in [6.07, 6.45) is 5.39. The van der Waals surface area contributed by atoms with Crippen LogP contribution >= 0.6 is 0 Å². The second-order valence-electron chi connectivity index (χ2n) is 6.40. The van der Waals surface area contributed by atoms with Crippen molar-refractivity contribution in [3.63, 3.8) is 0 Å². The number of hydrogen-bond donors (Lipinski definition) is 0. The van der Waals surface area contributed by atoms with Crippen LogP contribution in [-0.2, 0) is 9.84 Å². The molecular formula is C17H24O3S. The van der Waals surface area contributed by atoms with Gasteiger partial charge in [-0.05, 0) is 30.9 Å². The van der Waals surface area contributed by atoms with E-state index in [0.717, 1.165) is 25.7 Å². The largest absolute Gasteiger partial charge is 0.294 e. The van der Waals surface area contributed by atoms with Gasteiger partial charge in [0.05, 0.1) is 10.6 Å². The fraction of sp³-hybridized carbons (Fsp3) is 0.588. The van der Waals surface area contributed by atoms with E-state index >= 15 is 0 Å². The van der Waals surface area contributed by atoms with E-state index in [1.54, 1.807) is 24.3 Å². The van der Waals surface area contributed by atoms with Crippen molar-refractivity contribution in [1.29, 1.82) is 0 Å². The van der Waals surface area contributed by atoms with Crippen LogP contribution in [0.2, 0.25) is 0 Å². The zero-order valence-corrected chi connectivity index (χ0v) is 13.7. The fourth-order valence-electron chi connectivity index (χ4n) is 2.96. The van der Waals surface area contributed by atoms with Gasteiger partial charge < -0.3 is 0 Å². The maximum Gasteiger partial charge on any atom is 0.178 e. The van der Waals surface area contributed by atoms with Gasteiger partial charge in [-0.3, -0.25) is 4.79 Å². The highest BCUT2D eigenvalue weighted by Crippen LogP contribution is 2.27. The highest BCUT2D eigenvalue weighted by atomic mass is 32.2. The van der Waals surface area contributed by atoms with Crippen LogP contribution < -0.4 is 0 Å². The van der Waals surface area contributed by atoms with Crippen LogP contribution in [0.4, 0.5) is 0 Å². The van der Waals surface area contributed by atoms with Crippen molar-refractivity contribution >= 4 is 15.6 Å². The molecule has 116 valence electrons. The van der Waals surface area contributed by atoms with Gasteiger partial charge in [-0.2, -0.15) is 0 Å². The minimum absolute atomic E-state index is 0.0959. The number of carbonyl (C=O) groups excluding carboxylic acids is 1. The Morgan fingerprint density at radius 3 is 2.19 bits per heavy atom. The molecule has 0 amide bonds. The minimum atomic E-state index is -3.24. The Bertz CT molecular complexity index is 579. The molecule has 0 N–H and O–H groups in total. The monoisotopic (exact) mass is 308 g/mol. The zero-order chi connectivity index (χ0) is 15.5. The number of Topliss-reactive ketones (excluding diaryl/α,β-unsaturated/α-hetero) is 1. The number of sulfone groups is 1. The summed E-state index contributed by atoms with van der Waals surface area (Å²) in [5.41, 5.74) is 0.644. The third-order valence-electron chi connectivity index (χ3n) is 4.03. The Labute approximate surface area is 127 Å². The summed E-state index contributed by atoms with van der Waals surface area (Å²) in [6.45, 7) is 3.77. The standard InChI is InChI=1S/C17H24O3S/c1-13(2)12-21(19,20)16-10-8-15(9-11-16)17(18)14-6-4-3-5-7-14/h8-11,13-14H,3-7,12H2,1-2H3. The SMILES string of the molecule is CC(C)CS(=O)(=O)c1ccc(C(=O)C2CCCCC2)cc1. The van der Waals surface area contributed by atoms with Gasteiger partial charge in [-0.25, -0.2) is 8.42 Å². The molecule has 1 aromatic rings. The van der Waals surface area contributed by atoms with E-state index in [0.29, 0.717) is 10.5 Å². The van der Waals surface area contributed by atoms with Crippen molar-refractivity contribution in [2.75, 3.05) is 5.75 Å². The van der Waals surface area contributed by atoms with Crippen LogP contribution in [0.1, 0.15) is 56.3 Å². The van der Waals surface area contributed by atoms with Crippen molar-refractivity contribution in [1.82, 2.24) is 0 Å². The van der Waals surface area contributed by atoms with E-state index in [9.17, 15) is 13.2 Å². The minimum Gasteiger partial charge on any atom is -0.294 e. The van der Waals surface area contributed by atoms with E-state index in [2.05, 4.69) is 0 Å². The molecule has 0 heterocycles. The molecule has 1 saturated carbocycles. The molecule has 0 atom stereocenters. The number of ketones is 1. The quantitative estimate of drug-likeness (QED) is 0.776. The smallest absolute Gasteiger partial charge is 0.178 e. The van der Waals surface area contributed by atoms with Crippen molar-refractivity contribution in [3.05, 3.63) is 29.8 Å². The van der Waals surface area contributed by atoms with Crippen LogP contribution in [0, 0.1) is 11.8 Å². The summed E-state index contributed by atoms with van der Waals surface area (Å²) in [5, 5.41) is 0. The topological polar surface area (TPSA) is 51.2 Å². The Morgan fingerprint density at radius 1 is 1.10 bits per heavy atom. The van der Waals surface area contributed by atoms with Crippen LogP contribution in [-0.4, -0.2) is 20.0 Å². The maximum atomic E-state index is 12.4. The second-order valence-corrected chi connectivity index (χ2v) is 8.43. The molecule has 1 aromatic carbocycles. The van der Waals surface area contributed by atoms with Crippen LogP contribution in [0.3, 0.4) is 0 Å². The lowest BCUT2D eigenvalue weighted by molar-refractivity contribution is 0.0889. The highest BCUT2D eigenvalue weighted by Gasteiger charge is 2.23. The third-order valence-corrected chi connectivity index (χ3v) is 6.12. The van der Waals surface area contributed by atoms with Gasteiger partial charge in [0.15, 0.2) is 15.6 Å². The predicted molar refractivity (Wildman–Crippen MR) is 84.2 cm³/mol. The molecule has 0 saturated heterocycles. The lowest BCUT2D eigenvalue weighted by Gasteiger charge is -2.20. The number of benzene rings is 1. The molecule has 0 bridgehead atoms. The second kappa shape index (κ2) is 6.73. The molecule has 0 unspecified atom stereocenters. The van der Waals surface area contributed by atoms with E-state index in [1.165, 1.54) is 6.42 Å². The first-order valence-electron chi connectivity index (χ1n) is 7.77. The molecule has 1 aliphatic rings. The predicted octanol–water partition coefficient (Wildman–Crippen LogP) is 3.88. The van der Waals surface area contributed by atoms with Gasteiger partial charge in [-0.15, -0.1) is 0 Å². The van der Waals surface area contributed by atoms with Crippen LogP contribution in [0.5, 0.6) is 0 Å². The molecule has 2 rings (SSSR count). The van der Waals surface area contributed by atoms with E-state index in [1.807, 2.05) is 13.8 Å². The molecule has 0 spiro atoms. The molecule has 21 heavy (non-hydrogen) atoms. The molecular weight excluding hydrogens is 284 g/mol. The van der Waals surface area contributed by atoms with Gasteiger partial charge in [0.1, 0.15) is 0 Å². The van der Waals surface area contributed by atoms with Gasteiger partial charge in [0, 0.05) is 11.5 Å². The molecule has 0 radical (unpaired) electrons. The van der Waals surface area contributed by atoms with Crippen molar-refractivity contribution in [2.45, 2.75) is 50.8 Å². The van der Waals surface area contributed by atoms with Crippen molar-refractivity contribution in [2.24, 2.45) is 11.8 Å². The highest BCUT2D eigenvalue weighted by molar-refractivity contribution is 7.91. The first kappa shape index (κ1) is 16.2. The van der Waals surface area contributed by atoms with Crippen molar-refractivity contribution < 1.29 is 13.2 Å². The summed E-state index contributed by atoms with van der Waals surface area (Å²) < 4.78 is 24.3. The average molecular weight is 308 g/mol. The maximum absolute atomic E-state index is 12.4. The van der Waals surface area contributed by atoms with Gasteiger partial charge in [0.25, 0.3) is 0 Å².